The maximum Gasteiger partial charge on any atom is 0.336 e. The average molecular weight is 513 g/mol. The summed E-state index contributed by atoms with van der Waals surface area (Å²) in [7, 11) is 3.89. The van der Waals surface area contributed by atoms with Crippen LogP contribution in [0.2, 0.25) is 0 Å². The Balaban J connectivity index is 2.73. The van der Waals surface area contributed by atoms with E-state index in [-0.39, 0.29) is 13.2 Å². The Morgan fingerprint density at radius 1 is 1.05 bits per heavy atom. The molecule has 0 amide bonds. The van der Waals surface area contributed by atoms with E-state index in [4.69, 9.17) is 19.2 Å². The summed E-state index contributed by atoms with van der Waals surface area (Å²) in [6.07, 6.45) is 3.50. The lowest BCUT2D eigenvalue weighted by atomic mass is 9.73. The molecule has 1 aromatic rings. The SMILES string of the molecule is CCOC(=O)C1=C(CCN(C)C)N=C(C)C(C(=O)OCC)C1c1ccccc1C=CC(=O)OC(C)(C)C. The summed E-state index contributed by atoms with van der Waals surface area (Å²) >= 11 is 0. The van der Waals surface area contributed by atoms with E-state index in [2.05, 4.69) is 0 Å². The van der Waals surface area contributed by atoms with Crippen molar-refractivity contribution >= 4 is 29.7 Å². The van der Waals surface area contributed by atoms with Crippen LogP contribution in [0.3, 0.4) is 0 Å². The number of benzene rings is 1. The zero-order valence-electron chi connectivity index (χ0n) is 23.3. The van der Waals surface area contributed by atoms with E-state index >= 15 is 0 Å². The number of hydrogen-bond acceptors (Lipinski definition) is 8. The summed E-state index contributed by atoms with van der Waals surface area (Å²) in [5.74, 6) is -2.99. The largest absolute Gasteiger partial charge is 0.465 e. The van der Waals surface area contributed by atoms with Crippen molar-refractivity contribution in [3.05, 3.63) is 52.7 Å². The van der Waals surface area contributed by atoms with Gasteiger partial charge in [0.25, 0.3) is 0 Å². The van der Waals surface area contributed by atoms with Crippen LogP contribution in [0.25, 0.3) is 6.08 Å². The van der Waals surface area contributed by atoms with E-state index < -0.39 is 35.3 Å². The van der Waals surface area contributed by atoms with Crippen LogP contribution in [0.15, 0.2) is 46.6 Å². The highest BCUT2D eigenvalue weighted by molar-refractivity contribution is 6.07. The minimum Gasteiger partial charge on any atom is -0.465 e. The second kappa shape index (κ2) is 13.3. The summed E-state index contributed by atoms with van der Waals surface area (Å²) in [5, 5.41) is 0. The molecule has 202 valence electrons. The summed E-state index contributed by atoms with van der Waals surface area (Å²) in [6, 6.07) is 7.36. The summed E-state index contributed by atoms with van der Waals surface area (Å²) in [4.78, 5) is 45.8. The molecule has 1 aromatic carbocycles. The van der Waals surface area contributed by atoms with Crippen molar-refractivity contribution < 1.29 is 28.6 Å². The van der Waals surface area contributed by atoms with Gasteiger partial charge in [-0.2, -0.15) is 0 Å². The fraction of sp³-hybridized carbons (Fsp3) is 0.517. The third-order valence-electron chi connectivity index (χ3n) is 5.69. The predicted molar refractivity (Wildman–Crippen MR) is 144 cm³/mol. The van der Waals surface area contributed by atoms with Crippen molar-refractivity contribution in [1.82, 2.24) is 4.90 Å². The lowest BCUT2D eigenvalue weighted by Gasteiger charge is -2.33. The van der Waals surface area contributed by atoms with Gasteiger partial charge in [0.15, 0.2) is 0 Å². The standard InChI is InChI=1S/C29H40N2O6/c1-9-35-27(33)24-19(3)30-22(17-18-31(7)8)26(28(34)36-10-2)25(24)21-14-12-11-13-20(21)15-16-23(32)37-29(4,5)6/h11-16,24-25H,9-10,17-18H2,1-8H3. The third-order valence-corrected chi connectivity index (χ3v) is 5.69. The van der Waals surface area contributed by atoms with Crippen LogP contribution < -0.4 is 0 Å². The molecule has 0 saturated heterocycles. The molecule has 0 N–H and O–H groups in total. The van der Waals surface area contributed by atoms with Crippen molar-refractivity contribution in [3.63, 3.8) is 0 Å². The molecule has 0 aromatic heterocycles. The van der Waals surface area contributed by atoms with Gasteiger partial charge in [0.05, 0.1) is 24.5 Å². The first kappa shape index (κ1) is 30.0. The Kier molecular flexibility index (Phi) is 10.8. The molecule has 8 nitrogen and oxygen atoms in total. The highest BCUT2D eigenvalue weighted by Gasteiger charge is 2.43. The van der Waals surface area contributed by atoms with Crippen molar-refractivity contribution in [2.75, 3.05) is 33.9 Å². The molecule has 2 atom stereocenters. The number of ether oxygens (including phenoxy) is 3. The Morgan fingerprint density at radius 3 is 2.30 bits per heavy atom. The minimum absolute atomic E-state index is 0.184. The van der Waals surface area contributed by atoms with Crippen molar-refractivity contribution in [2.45, 2.75) is 59.5 Å². The lowest BCUT2D eigenvalue weighted by Crippen LogP contribution is -2.37. The first-order valence-electron chi connectivity index (χ1n) is 12.7. The maximum absolute atomic E-state index is 13.4. The van der Waals surface area contributed by atoms with Crippen molar-refractivity contribution in [2.24, 2.45) is 10.9 Å². The van der Waals surface area contributed by atoms with Crippen LogP contribution in [0.5, 0.6) is 0 Å². The fourth-order valence-electron chi connectivity index (χ4n) is 4.22. The molecule has 2 rings (SSSR count). The highest BCUT2D eigenvalue weighted by atomic mass is 16.6. The van der Waals surface area contributed by atoms with Crippen LogP contribution >= 0.6 is 0 Å². The summed E-state index contributed by atoms with van der Waals surface area (Å²) in [5.41, 5.74) is 2.23. The normalized spacial score (nSPS) is 18.1. The van der Waals surface area contributed by atoms with E-state index in [1.54, 1.807) is 47.6 Å². The Labute approximate surface area is 220 Å². The van der Waals surface area contributed by atoms with Crippen LogP contribution in [0.4, 0.5) is 0 Å². The molecular weight excluding hydrogens is 472 g/mol. The fourth-order valence-corrected chi connectivity index (χ4v) is 4.22. The van der Waals surface area contributed by atoms with Gasteiger partial charge in [-0.25, -0.2) is 9.59 Å². The minimum atomic E-state index is -0.821. The van der Waals surface area contributed by atoms with Crippen LogP contribution in [-0.2, 0) is 28.6 Å². The van der Waals surface area contributed by atoms with Gasteiger partial charge in [-0.1, -0.05) is 24.3 Å². The Bertz CT molecular complexity index is 1080. The molecule has 2 unspecified atom stereocenters. The van der Waals surface area contributed by atoms with Gasteiger partial charge in [-0.3, -0.25) is 9.79 Å². The van der Waals surface area contributed by atoms with Gasteiger partial charge in [0.1, 0.15) is 11.5 Å². The molecular formula is C29H40N2O6. The van der Waals surface area contributed by atoms with Crippen molar-refractivity contribution in [1.29, 1.82) is 0 Å². The Hall–Kier alpha value is -3.26. The average Bonchev–Trinajstić information content (AvgIpc) is 2.80. The number of hydrogen-bond donors (Lipinski definition) is 0. The van der Waals surface area contributed by atoms with Gasteiger partial charge >= 0.3 is 17.9 Å². The van der Waals surface area contributed by atoms with E-state index in [0.29, 0.717) is 41.1 Å². The molecule has 0 bridgehead atoms. The van der Waals surface area contributed by atoms with Crippen molar-refractivity contribution in [3.8, 4) is 0 Å². The number of rotatable bonds is 10. The highest BCUT2D eigenvalue weighted by Crippen LogP contribution is 2.42. The smallest absolute Gasteiger partial charge is 0.336 e. The van der Waals surface area contributed by atoms with Crippen LogP contribution in [0.1, 0.15) is 65.0 Å². The molecule has 0 saturated carbocycles. The lowest BCUT2D eigenvalue weighted by molar-refractivity contribution is -0.149. The molecule has 37 heavy (non-hydrogen) atoms. The second-order valence-corrected chi connectivity index (χ2v) is 10.1. The molecule has 0 fully saturated rings. The maximum atomic E-state index is 13.4. The van der Waals surface area contributed by atoms with Gasteiger partial charge in [0.2, 0.25) is 0 Å². The first-order valence-corrected chi connectivity index (χ1v) is 12.7. The Morgan fingerprint density at radius 2 is 1.70 bits per heavy atom. The first-order chi connectivity index (χ1) is 17.4. The van der Waals surface area contributed by atoms with Gasteiger partial charge in [-0.05, 0) is 72.8 Å². The van der Waals surface area contributed by atoms with Gasteiger partial charge in [0, 0.05) is 30.7 Å². The number of carbonyl (C=O) groups excluding carboxylic acids is 3. The zero-order chi connectivity index (χ0) is 27.8. The molecule has 1 aliphatic heterocycles. The summed E-state index contributed by atoms with van der Waals surface area (Å²) < 4.78 is 16.3. The topological polar surface area (TPSA) is 94.5 Å². The molecule has 1 heterocycles. The van der Waals surface area contributed by atoms with Crippen LogP contribution in [0, 0.1) is 5.92 Å². The zero-order valence-corrected chi connectivity index (χ0v) is 23.3. The summed E-state index contributed by atoms with van der Waals surface area (Å²) in [6.45, 7) is 11.7. The molecule has 8 heteroatoms. The monoisotopic (exact) mass is 512 g/mol. The number of carbonyl (C=O) groups is 3. The van der Waals surface area contributed by atoms with Gasteiger partial charge in [-0.15, -0.1) is 0 Å². The number of esters is 3. The van der Waals surface area contributed by atoms with Crippen LogP contribution in [-0.4, -0.2) is 68.0 Å². The predicted octanol–water partition coefficient (Wildman–Crippen LogP) is 4.55. The second-order valence-electron chi connectivity index (χ2n) is 10.1. The van der Waals surface area contributed by atoms with E-state index in [0.717, 1.165) is 0 Å². The quantitative estimate of drug-likeness (QED) is 0.258. The van der Waals surface area contributed by atoms with E-state index in [9.17, 15) is 14.4 Å². The van der Waals surface area contributed by atoms with E-state index in [1.165, 1.54) is 6.08 Å². The molecule has 0 radical (unpaired) electrons. The number of aliphatic imine (C=N–C) groups is 1. The molecule has 0 aliphatic carbocycles. The molecule has 1 aliphatic rings. The third kappa shape index (κ3) is 8.39. The number of nitrogens with zero attached hydrogens (tertiary/aromatic N) is 2. The molecule has 0 spiro atoms. The van der Waals surface area contributed by atoms with E-state index in [1.807, 2.05) is 43.3 Å². The van der Waals surface area contributed by atoms with Gasteiger partial charge < -0.3 is 19.1 Å².